The van der Waals surface area contributed by atoms with Crippen molar-refractivity contribution in [1.29, 1.82) is 0 Å². The normalized spacial score (nSPS) is 10.7. The first-order valence-electron chi connectivity index (χ1n) is 14.3. The second-order valence-corrected chi connectivity index (χ2v) is 10.2. The van der Waals surface area contributed by atoms with Crippen molar-refractivity contribution in [3.63, 3.8) is 0 Å². The van der Waals surface area contributed by atoms with Gasteiger partial charge < -0.3 is 24.0 Å². The molecule has 242 valence electrons. The monoisotopic (exact) mass is 917 g/mol. The summed E-state index contributed by atoms with van der Waals surface area (Å²) in [5, 5.41) is 1.59. The van der Waals surface area contributed by atoms with Crippen LogP contribution in [0.5, 0.6) is 23.0 Å². The van der Waals surface area contributed by atoms with Gasteiger partial charge in [-0.25, -0.2) is 23.7 Å². The number of ether oxygens (including phenoxy) is 2. The molecule has 0 saturated heterocycles. The average molecular weight is 918 g/mol. The zero-order valence-corrected chi connectivity index (χ0v) is 28.6. The van der Waals surface area contributed by atoms with Crippen LogP contribution < -0.4 is 9.47 Å². The van der Waals surface area contributed by atoms with Gasteiger partial charge in [0.25, 0.3) is 0 Å². The molecule has 0 aliphatic heterocycles. The Labute approximate surface area is 306 Å². The van der Waals surface area contributed by atoms with Crippen molar-refractivity contribution in [3.05, 3.63) is 146 Å². The van der Waals surface area contributed by atoms with Crippen LogP contribution in [0.25, 0.3) is 50.3 Å². The fourth-order valence-electron chi connectivity index (χ4n) is 5.18. The summed E-state index contributed by atoms with van der Waals surface area (Å²) < 4.78 is 43.1. The number of fused-ring (bicyclic) bond motifs is 3. The van der Waals surface area contributed by atoms with Gasteiger partial charge in [-0.1, -0.05) is 59.6 Å². The molecular formula is C37H18F2N6O2PdPt. The fourth-order valence-corrected chi connectivity index (χ4v) is 5.18. The van der Waals surface area contributed by atoms with Crippen molar-refractivity contribution in [1.82, 2.24) is 29.5 Å². The first-order chi connectivity index (χ1) is 23.1. The molecule has 8 aromatic rings. The number of rotatable bonds is 7. The summed E-state index contributed by atoms with van der Waals surface area (Å²) in [7, 11) is 0. The van der Waals surface area contributed by atoms with Gasteiger partial charge in [-0.15, -0.1) is 47.5 Å². The molecule has 12 heteroatoms. The maximum atomic E-state index is 14.6. The van der Waals surface area contributed by atoms with Crippen molar-refractivity contribution < 1.29 is 59.7 Å². The molecule has 0 unspecified atom stereocenters. The first-order valence-corrected chi connectivity index (χ1v) is 14.3. The van der Waals surface area contributed by atoms with E-state index < -0.39 is 11.6 Å². The van der Waals surface area contributed by atoms with Crippen LogP contribution in [-0.4, -0.2) is 29.5 Å². The number of aromatic nitrogens is 6. The van der Waals surface area contributed by atoms with E-state index in [2.05, 4.69) is 49.2 Å². The van der Waals surface area contributed by atoms with Gasteiger partial charge in [0.2, 0.25) is 5.95 Å². The minimum atomic E-state index is -0.496. The number of hydrogen-bond donors (Lipinski definition) is 0. The second-order valence-electron chi connectivity index (χ2n) is 10.2. The number of hydrogen-bond acceptors (Lipinski definition) is 7. The Bertz CT molecular complexity index is 2250. The summed E-state index contributed by atoms with van der Waals surface area (Å²) in [6.45, 7) is 0. The number of halogens is 2. The SMILES string of the molecule is Fc1cc(Oc2[c-]c3c(cc2)c2ccc(Oc4[c-]c(-c5ccccn5)cc(F)c4)[c-]c2n3-c2ncncn2)[c-]c(-c2ccccn2)c1.[Pd+2].[Pt+2]. The smallest absolute Gasteiger partial charge is 0.503 e. The molecule has 0 aliphatic carbocycles. The summed E-state index contributed by atoms with van der Waals surface area (Å²) in [4.78, 5) is 21.2. The summed E-state index contributed by atoms with van der Waals surface area (Å²) in [5.41, 5.74) is 3.14. The quantitative estimate of drug-likeness (QED) is 0.118. The van der Waals surface area contributed by atoms with Crippen LogP contribution in [0.4, 0.5) is 8.78 Å². The molecule has 0 aliphatic rings. The van der Waals surface area contributed by atoms with Crippen LogP contribution in [0.15, 0.2) is 110 Å². The van der Waals surface area contributed by atoms with Crippen molar-refractivity contribution in [3.8, 4) is 51.5 Å². The van der Waals surface area contributed by atoms with Crippen LogP contribution in [0.3, 0.4) is 0 Å². The molecule has 0 fully saturated rings. The summed E-state index contributed by atoms with van der Waals surface area (Å²) in [6.07, 6.45) is 6.00. The molecule has 0 saturated carbocycles. The summed E-state index contributed by atoms with van der Waals surface area (Å²) >= 11 is 0. The minimum Gasteiger partial charge on any atom is -0.503 e. The molecule has 0 bridgehead atoms. The van der Waals surface area contributed by atoms with E-state index in [1.165, 1.54) is 36.9 Å². The van der Waals surface area contributed by atoms with Gasteiger partial charge in [-0.2, -0.15) is 22.9 Å². The summed E-state index contributed by atoms with van der Waals surface area (Å²) in [6, 6.07) is 35.7. The topological polar surface area (TPSA) is 87.8 Å². The molecule has 4 aromatic heterocycles. The summed E-state index contributed by atoms with van der Waals surface area (Å²) in [5.74, 6) is 0.223. The van der Waals surface area contributed by atoms with Gasteiger partial charge >= 0.3 is 41.5 Å². The molecule has 0 atom stereocenters. The van der Waals surface area contributed by atoms with Gasteiger partial charge in [0.1, 0.15) is 12.7 Å². The maximum Gasteiger partial charge on any atom is 2.00 e. The van der Waals surface area contributed by atoms with Crippen molar-refractivity contribution in [2.24, 2.45) is 0 Å². The third-order valence-corrected chi connectivity index (χ3v) is 7.15. The molecule has 0 N–H and O–H groups in total. The van der Waals surface area contributed by atoms with Crippen LogP contribution in [-0.2, 0) is 41.5 Å². The van der Waals surface area contributed by atoms with E-state index in [9.17, 15) is 8.78 Å². The standard InChI is InChI=1S/C37H18F2N6O2.Pd.Pt/c38-25-13-23(33-5-1-3-11-41-33)15-29(17-25)46-27-7-9-31-32-10-8-28(20-36(32)45(35(31)19-27)37-43-21-40-22-44-37)47-30-16-24(14-26(39)18-30)34-6-2-4-12-42-34;;/h1-14,17-18,21-22H;;/q-4;2*+2. The fraction of sp³-hybridized carbons (Fsp3) is 0. The predicted molar refractivity (Wildman–Crippen MR) is 169 cm³/mol. The van der Waals surface area contributed by atoms with Gasteiger partial charge in [-0.3, -0.25) is 0 Å². The van der Waals surface area contributed by atoms with Crippen LogP contribution in [0.1, 0.15) is 0 Å². The molecule has 49 heavy (non-hydrogen) atoms. The third-order valence-electron chi connectivity index (χ3n) is 7.15. The largest absolute Gasteiger partial charge is 2.00 e. The van der Waals surface area contributed by atoms with Gasteiger partial charge in [0, 0.05) is 47.0 Å². The van der Waals surface area contributed by atoms with E-state index in [0.29, 0.717) is 51.0 Å². The van der Waals surface area contributed by atoms with E-state index in [-0.39, 0.29) is 53.0 Å². The van der Waals surface area contributed by atoms with Gasteiger partial charge in [0.05, 0.1) is 0 Å². The van der Waals surface area contributed by atoms with E-state index in [0.717, 1.165) is 10.8 Å². The average Bonchev–Trinajstić information content (AvgIpc) is 3.41. The van der Waals surface area contributed by atoms with Crippen LogP contribution >= 0.6 is 0 Å². The van der Waals surface area contributed by atoms with Crippen molar-refractivity contribution in [2.75, 3.05) is 0 Å². The van der Waals surface area contributed by atoms with Crippen molar-refractivity contribution in [2.45, 2.75) is 0 Å². The molecule has 0 amide bonds. The second kappa shape index (κ2) is 14.5. The molecule has 0 spiro atoms. The Morgan fingerprint density at radius 2 is 1.04 bits per heavy atom. The first kappa shape index (κ1) is 33.7. The molecule has 4 aromatic carbocycles. The predicted octanol–water partition coefficient (Wildman–Crippen LogP) is 8.15. The Hall–Kier alpha value is -5.20. The molecule has 8 rings (SSSR count). The van der Waals surface area contributed by atoms with Gasteiger partial charge in [0.15, 0.2) is 0 Å². The minimum absolute atomic E-state index is 0. The number of pyridine rings is 2. The van der Waals surface area contributed by atoms with Crippen LogP contribution in [0, 0.1) is 35.9 Å². The Morgan fingerprint density at radius 3 is 1.49 bits per heavy atom. The number of nitrogens with zero attached hydrogens (tertiary/aromatic N) is 6. The van der Waals surface area contributed by atoms with E-state index >= 15 is 0 Å². The zero-order valence-electron chi connectivity index (χ0n) is 24.8. The number of benzene rings is 4. The zero-order chi connectivity index (χ0) is 31.7. The van der Waals surface area contributed by atoms with Gasteiger partial charge in [-0.05, 0) is 23.5 Å². The van der Waals surface area contributed by atoms with E-state index in [1.807, 2.05) is 24.3 Å². The third kappa shape index (κ3) is 7.01. The van der Waals surface area contributed by atoms with Crippen molar-refractivity contribution >= 4 is 21.8 Å². The Morgan fingerprint density at radius 1 is 0.551 bits per heavy atom. The van der Waals surface area contributed by atoms with Crippen LogP contribution in [0.2, 0.25) is 0 Å². The molecular weight excluding hydrogens is 900 g/mol. The Balaban J connectivity index is 0.00000208. The maximum absolute atomic E-state index is 14.6. The molecule has 8 nitrogen and oxygen atoms in total. The molecule has 4 heterocycles. The Kier molecular flexibility index (Phi) is 9.97. The van der Waals surface area contributed by atoms with E-state index in [4.69, 9.17) is 9.47 Å². The molecule has 0 radical (unpaired) electrons. The van der Waals surface area contributed by atoms with E-state index in [1.54, 1.807) is 53.4 Å².